The molecule has 0 amide bonds. The predicted molar refractivity (Wildman–Crippen MR) is 61.6 cm³/mol. The van der Waals surface area contributed by atoms with Crippen molar-refractivity contribution in [1.82, 2.24) is 5.32 Å². The number of hydrogen-bond donors (Lipinski definition) is 2. The first-order chi connectivity index (χ1) is 6.81. The first-order valence-electron chi connectivity index (χ1n) is 5.26. The second kappa shape index (κ2) is 10.1. The van der Waals surface area contributed by atoms with E-state index in [1.54, 1.807) is 24.3 Å². The summed E-state index contributed by atoms with van der Waals surface area (Å²) in [6.07, 6.45) is 2.50. The largest absolute Gasteiger partial charge is 0.508 e. The van der Waals surface area contributed by atoms with Crippen LogP contribution in [0.2, 0.25) is 0 Å². The van der Waals surface area contributed by atoms with Gasteiger partial charge in [-0.3, -0.25) is 0 Å². The number of rotatable bonds is 4. The van der Waals surface area contributed by atoms with E-state index < -0.39 is 0 Å². The van der Waals surface area contributed by atoms with E-state index in [4.69, 9.17) is 5.11 Å². The first-order valence-corrected chi connectivity index (χ1v) is 5.26. The second-order valence-electron chi connectivity index (χ2n) is 3.09. The average molecular weight is 195 g/mol. The minimum atomic E-state index is 0.322. The lowest BCUT2D eigenvalue weighted by atomic mass is 10.3. The van der Waals surface area contributed by atoms with Gasteiger partial charge in [-0.25, -0.2) is 0 Å². The number of nitrogens with one attached hydrogen (secondary N) is 1. The maximum atomic E-state index is 8.63. The zero-order chi connectivity index (χ0) is 10.6. The third-order valence-electron chi connectivity index (χ3n) is 1.61. The Kier molecular flexibility index (Phi) is 9.33. The van der Waals surface area contributed by atoms with Crippen molar-refractivity contribution in [3.8, 4) is 5.75 Å². The number of para-hydroxylation sites is 1. The van der Waals surface area contributed by atoms with E-state index in [-0.39, 0.29) is 0 Å². The highest BCUT2D eigenvalue weighted by Gasteiger charge is 1.76. The lowest BCUT2D eigenvalue weighted by Gasteiger charge is -1.95. The van der Waals surface area contributed by atoms with Gasteiger partial charge in [0.25, 0.3) is 0 Å². The molecule has 1 aromatic carbocycles. The molecule has 0 fully saturated rings. The van der Waals surface area contributed by atoms with Crippen molar-refractivity contribution in [3.63, 3.8) is 0 Å². The predicted octanol–water partition coefficient (Wildman–Crippen LogP) is 2.79. The smallest absolute Gasteiger partial charge is 0.115 e. The summed E-state index contributed by atoms with van der Waals surface area (Å²) in [5.74, 6) is 0.322. The van der Waals surface area contributed by atoms with Crippen molar-refractivity contribution in [3.05, 3.63) is 30.3 Å². The molecule has 0 aliphatic heterocycles. The van der Waals surface area contributed by atoms with Crippen molar-refractivity contribution in [2.75, 3.05) is 13.1 Å². The molecule has 2 heteroatoms. The zero-order valence-corrected chi connectivity index (χ0v) is 9.16. The van der Waals surface area contributed by atoms with Crippen LogP contribution < -0.4 is 5.32 Å². The van der Waals surface area contributed by atoms with Gasteiger partial charge in [0.15, 0.2) is 0 Å². The van der Waals surface area contributed by atoms with E-state index in [9.17, 15) is 0 Å². The monoisotopic (exact) mass is 195 g/mol. The van der Waals surface area contributed by atoms with Gasteiger partial charge in [0.2, 0.25) is 0 Å². The van der Waals surface area contributed by atoms with Crippen molar-refractivity contribution >= 4 is 0 Å². The molecular weight excluding hydrogens is 174 g/mol. The van der Waals surface area contributed by atoms with Gasteiger partial charge in [-0.15, -0.1) is 0 Å². The second-order valence-corrected chi connectivity index (χ2v) is 3.09. The molecule has 0 unspecified atom stereocenters. The molecule has 0 bridgehead atoms. The van der Waals surface area contributed by atoms with Crippen LogP contribution in [0.4, 0.5) is 0 Å². The van der Waals surface area contributed by atoms with Crippen molar-refractivity contribution in [2.24, 2.45) is 0 Å². The molecule has 0 atom stereocenters. The summed E-state index contributed by atoms with van der Waals surface area (Å²) in [5.41, 5.74) is 0. The lowest BCUT2D eigenvalue weighted by molar-refractivity contribution is 0.475. The fraction of sp³-hybridized carbons (Fsp3) is 0.500. The third kappa shape index (κ3) is 9.07. The van der Waals surface area contributed by atoms with Gasteiger partial charge in [0, 0.05) is 0 Å². The van der Waals surface area contributed by atoms with Crippen molar-refractivity contribution in [2.45, 2.75) is 26.7 Å². The summed E-state index contributed by atoms with van der Waals surface area (Å²) in [6.45, 7) is 6.72. The summed E-state index contributed by atoms with van der Waals surface area (Å²) in [5, 5.41) is 11.9. The van der Waals surface area contributed by atoms with Crippen molar-refractivity contribution < 1.29 is 5.11 Å². The highest BCUT2D eigenvalue weighted by molar-refractivity contribution is 5.18. The first kappa shape index (κ1) is 13.0. The zero-order valence-electron chi connectivity index (χ0n) is 9.16. The number of phenolic OH excluding ortho intramolecular Hbond substituents is 1. The van der Waals surface area contributed by atoms with E-state index in [0.717, 1.165) is 0 Å². The molecule has 2 nitrogen and oxygen atoms in total. The highest BCUT2D eigenvalue weighted by Crippen LogP contribution is 2.02. The molecule has 0 aliphatic carbocycles. The molecule has 0 saturated carbocycles. The minimum absolute atomic E-state index is 0.322. The molecule has 80 valence electrons. The van der Waals surface area contributed by atoms with Gasteiger partial charge in [-0.2, -0.15) is 0 Å². The average Bonchev–Trinajstić information content (AvgIpc) is 2.21. The van der Waals surface area contributed by atoms with Crippen LogP contribution in [0.5, 0.6) is 5.75 Å². The summed E-state index contributed by atoms with van der Waals surface area (Å²) in [4.78, 5) is 0. The van der Waals surface area contributed by atoms with Gasteiger partial charge in [-0.1, -0.05) is 32.0 Å². The third-order valence-corrected chi connectivity index (χ3v) is 1.61. The fourth-order valence-electron chi connectivity index (χ4n) is 0.907. The number of phenols is 1. The quantitative estimate of drug-likeness (QED) is 0.724. The van der Waals surface area contributed by atoms with E-state index in [1.807, 2.05) is 6.07 Å². The Labute approximate surface area is 87.0 Å². The molecule has 1 aromatic rings. The number of hydrogen-bond acceptors (Lipinski definition) is 2. The van der Waals surface area contributed by atoms with Crippen LogP contribution in [0.15, 0.2) is 30.3 Å². The maximum Gasteiger partial charge on any atom is 0.115 e. The van der Waals surface area contributed by atoms with Crippen LogP contribution in [-0.4, -0.2) is 18.2 Å². The summed E-state index contributed by atoms with van der Waals surface area (Å²) >= 11 is 0. The van der Waals surface area contributed by atoms with Gasteiger partial charge in [0.1, 0.15) is 5.75 Å². The molecule has 14 heavy (non-hydrogen) atoms. The molecule has 0 spiro atoms. The summed E-state index contributed by atoms with van der Waals surface area (Å²) in [7, 11) is 0. The Morgan fingerprint density at radius 2 is 1.50 bits per heavy atom. The van der Waals surface area contributed by atoms with Crippen LogP contribution >= 0.6 is 0 Å². The highest BCUT2D eigenvalue weighted by atomic mass is 16.3. The standard InChI is InChI=1S/C6H15N.C6H6O/c1-3-5-7-6-4-2;7-6-4-2-1-3-5-6/h7H,3-6H2,1-2H3;1-5,7H. The Hall–Kier alpha value is -1.02. The Bertz CT molecular complexity index is 195. The van der Waals surface area contributed by atoms with E-state index in [0.29, 0.717) is 5.75 Å². The molecule has 1 rings (SSSR count). The topological polar surface area (TPSA) is 32.3 Å². The minimum Gasteiger partial charge on any atom is -0.508 e. The van der Waals surface area contributed by atoms with E-state index >= 15 is 0 Å². The van der Waals surface area contributed by atoms with Gasteiger partial charge < -0.3 is 10.4 Å². The molecule has 0 aromatic heterocycles. The van der Waals surface area contributed by atoms with Crippen molar-refractivity contribution in [1.29, 1.82) is 0 Å². The molecular formula is C12H21NO. The fourth-order valence-corrected chi connectivity index (χ4v) is 0.907. The van der Waals surface area contributed by atoms with Crippen LogP contribution in [0.3, 0.4) is 0 Å². The number of benzene rings is 1. The number of aromatic hydroxyl groups is 1. The van der Waals surface area contributed by atoms with Crippen LogP contribution in [0.1, 0.15) is 26.7 Å². The van der Waals surface area contributed by atoms with Gasteiger partial charge >= 0.3 is 0 Å². The Morgan fingerprint density at radius 3 is 1.79 bits per heavy atom. The molecule has 0 saturated heterocycles. The summed E-state index contributed by atoms with van der Waals surface area (Å²) in [6, 6.07) is 8.71. The van der Waals surface area contributed by atoms with E-state index in [1.165, 1.54) is 25.9 Å². The van der Waals surface area contributed by atoms with E-state index in [2.05, 4.69) is 19.2 Å². The maximum absolute atomic E-state index is 8.63. The van der Waals surface area contributed by atoms with Gasteiger partial charge in [-0.05, 0) is 38.1 Å². The molecule has 2 N–H and O–H groups in total. The molecule has 0 aliphatic rings. The summed E-state index contributed by atoms with van der Waals surface area (Å²) < 4.78 is 0. The van der Waals surface area contributed by atoms with Gasteiger partial charge in [0.05, 0.1) is 0 Å². The lowest BCUT2D eigenvalue weighted by Crippen LogP contribution is -2.14. The molecule has 0 heterocycles. The molecule has 0 radical (unpaired) electrons. The Morgan fingerprint density at radius 1 is 1.00 bits per heavy atom. The van der Waals surface area contributed by atoms with Crippen LogP contribution in [-0.2, 0) is 0 Å². The van der Waals surface area contributed by atoms with Crippen LogP contribution in [0.25, 0.3) is 0 Å². The SMILES string of the molecule is CCCNCCC.Oc1ccccc1. The Balaban J connectivity index is 0.000000241. The van der Waals surface area contributed by atoms with Crippen LogP contribution in [0, 0.1) is 0 Å². The normalized spacial score (nSPS) is 9.00.